The first kappa shape index (κ1) is 17.7. The Bertz CT molecular complexity index is 604. The van der Waals surface area contributed by atoms with Crippen LogP contribution in [-0.2, 0) is 0 Å². The van der Waals surface area contributed by atoms with Crippen LogP contribution in [0, 0.1) is 6.92 Å². The highest BCUT2D eigenvalue weighted by molar-refractivity contribution is 5.91. The van der Waals surface area contributed by atoms with E-state index in [9.17, 15) is 0 Å². The summed E-state index contributed by atoms with van der Waals surface area (Å²) in [7, 11) is 0. The van der Waals surface area contributed by atoms with Crippen LogP contribution in [0.3, 0.4) is 0 Å². The van der Waals surface area contributed by atoms with E-state index in [1.54, 1.807) is 0 Å². The normalized spacial score (nSPS) is 10.9. The number of unbranched alkanes of at least 4 members (excludes halogenated alkanes) is 4. The molecule has 0 aliphatic rings. The van der Waals surface area contributed by atoms with Crippen LogP contribution in [0.5, 0.6) is 11.5 Å². The molecule has 0 saturated heterocycles. The topological polar surface area (TPSA) is 18.5 Å². The minimum Gasteiger partial charge on any atom is -0.489 e. The van der Waals surface area contributed by atoms with Gasteiger partial charge in [-0.15, -0.1) is 0 Å². The average molecular weight is 314 g/mol. The summed E-state index contributed by atoms with van der Waals surface area (Å²) in [5.41, 5.74) is 1.16. The predicted molar refractivity (Wildman–Crippen MR) is 98.7 cm³/mol. The number of hydrogen-bond donors (Lipinski definition) is 0. The highest BCUT2D eigenvalue weighted by Crippen LogP contribution is 2.39. The van der Waals surface area contributed by atoms with E-state index in [1.807, 2.05) is 0 Å². The average Bonchev–Trinajstić information content (AvgIpc) is 2.56. The van der Waals surface area contributed by atoms with Gasteiger partial charge in [-0.2, -0.15) is 0 Å². The van der Waals surface area contributed by atoms with Gasteiger partial charge >= 0.3 is 0 Å². The summed E-state index contributed by atoms with van der Waals surface area (Å²) in [5, 5.41) is 2.37. The molecule has 2 aromatic rings. The lowest BCUT2D eigenvalue weighted by Gasteiger charge is -2.17. The molecular weight excluding hydrogens is 284 g/mol. The van der Waals surface area contributed by atoms with E-state index in [2.05, 4.69) is 51.1 Å². The highest BCUT2D eigenvalue weighted by Gasteiger charge is 2.14. The summed E-state index contributed by atoms with van der Waals surface area (Å²) in [4.78, 5) is 0. The molecule has 0 amide bonds. The summed E-state index contributed by atoms with van der Waals surface area (Å²) in [5.74, 6) is 1.85. The number of benzene rings is 2. The summed E-state index contributed by atoms with van der Waals surface area (Å²) >= 11 is 0. The molecule has 23 heavy (non-hydrogen) atoms. The Kier molecular flexibility index (Phi) is 7.25. The van der Waals surface area contributed by atoms with Gasteiger partial charge in [0, 0.05) is 5.39 Å². The van der Waals surface area contributed by atoms with Gasteiger partial charge < -0.3 is 9.47 Å². The van der Waals surface area contributed by atoms with Crippen LogP contribution in [-0.4, -0.2) is 13.2 Å². The Morgan fingerprint density at radius 2 is 1.39 bits per heavy atom. The molecule has 2 heteroatoms. The van der Waals surface area contributed by atoms with Crippen molar-refractivity contribution in [2.24, 2.45) is 0 Å². The van der Waals surface area contributed by atoms with Gasteiger partial charge in [-0.1, -0.05) is 63.8 Å². The van der Waals surface area contributed by atoms with Crippen molar-refractivity contribution in [1.29, 1.82) is 0 Å². The van der Waals surface area contributed by atoms with Crippen molar-refractivity contribution in [2.75, 3.05) is 13.2 Å². The first-order chi connectivity index (χ1) is 11.3. The van der Waals surface area contributed by atoms with Crippen LogP contribution < -0.4 is 9.47 Å². The second kappa shape index (κ2) is 9.44. The monoisotopic (exact) mass is 314 g/mol. The molecule has 2 aromatic carbocycles. The van der Waals surface area contributed by atoms with Crippen molar-refractivity contribution in [2.45, 2.75) is 59.3 Å². The fourth-order valence-corrected chi connectivity index (χ4v) is 2.81. The zero-order valence-electron chi connectivity index (χ0n) is 14.9. The lowest BCUT2D eigenvalue weighted by atomic mass is 10.1. The van der Waals surface area contributed by atoms with E-state index >= 15 is 0 Å². The smallest absolute Gasteiger partial charge is 0.169 e. The molecule has 0 unspecified atom stereocenters. The second-order valence-electron chi connectivity index (χ2n) is 6.18. The lowest BCUT2D eigenvalue weighted by molar-refractivity contribution is 0.261. The van der Waals surface area contributed by atoms with Crippen LogP contribution in [0.25, 0.3) is 10.8 Å². The van der Waals surface area contributed by atoms with Crippen LogP contribution in [0.4, 0.5) is 0 Å². The molecule has 0 bridgehead atoms. The Morgan fingerprint density at radius 1 is 0.783 bits per heavy atom. The molecule has 0 saturated carbocycles. The SMILES string of the molecule is CCCCCOc1c(C)cc2ccccc2c1OCCCCC. The number of aryl methyl sites for hydroxylation is 1. The van der Waals surface area contributed by atoms with Crippen molar-refractivity contribution in [3.05, 3.63) is 35.9 Å². The van der Waals surface area contributed by atoms with Gasteiger partial charge in [0.05, 0.1) is 13.2 Å². The van der Waals surface area contributed by atoms with E-state index in [0.717, 1.165) is 48.5 Å². The molecule has 0 aromatic heterocycles. The van der Waals surface area contributed by atoms with E-state index in [1.165, 1.54) is 31.1 Å². The Hall–Kier alpha value is -1.70. The summed E-state index contributed by atoms with van der Waals surface area (Å²) in [6, 6.07) is 10.6. The molecular formula is C21H30O2. The summed E-state index contributed by atoms with van der Waals surface area (Å²) in [6.07, 6.45) is 7.01. The zero-order chi connectivity index (χ0) is 16.5. The van der Waals surface area contributed by atoms with Crippen LogP contribution in [0.15, 0.2) is 30.3 Å². The number of ether oxygens (including phenoxy) is 2. The third-order valence-electron chi connectivity index (χ3n) is 4.13. The largest absolute Gasteiger partial charge is 0.489 e. The molecule has 0 atom stereocenters. The van der Waals surface area contributed by atoms with Crippen LogP contribution in [0.2, 0.25) is 0 Å². The first-order valence-electron chi connectivity index (χ1n) is 9.05. The Labute approximate surface area is 140 Å². The molecule has 0 fully saturated rings. The number of fused-ring (bicyclic) bond motifs is 1. The molecule has 2 rings (SSSR count). The predicted octanol–water partition coefficient (Wildman–Crippen LogP) is 6.29. The van der Waals surface area contributed by atoms with E-state index < -0.39 is 0 Å². The van der Waals surface area contributed by atoms with Gasteiger partial charge in [-0.3, -0.25) is 0 Å². The quantitative estimate of drug-likeness (QED) is 0.480. The van der Waals surface area contributed by atoms with Crippen LogP contribution >= 0.6 is 0 Å². The first-order valence-corrected chi connectivity index (χ1v) is 9.05. The van der Waals surface area contributed by atoms with Gasteiger partial charge in [0.2, 0.25) is 0 Å². The van der Waals surface area contributed by atoms with Crippen molar-refractivity contribution in [3.63, 3.8) is 0 Å². The lowest BCUT2D eigenvalue weighted by Crippen LogP contribution is -2.04. The standard InChI is InChI=1S/C21H30O2/c1-4-6-10-14-22-20-17(3)16-18-12-8-9-13-19(18)21(20)23-15-11-7-5-2/h8-9,12-13,16H,4-7,10-11,14-15H2,1-3H3. The highest BCUT2D eigenvalue weighted by atomic mass is 16.5. The fourth-order valence-electron chi connectivity index (χ4n) is 2.81. The van der Waals surface area contributed by atoms with Gasteiger partial charge in [-0.05, 0) is 36.8 Å². The van der Waals surface area contributed by atoms with Crippen LogP contribution in [0.1, 0.15) is 57.9 Å². The molecule has 0 N–H and O–H groups in total. The van der Waals surface area contributed by atoms with Crippen molar-refractivity contribution in [3.8, 4) is 11.5 Å². The number of hydrogen-bond acceptors (Lipinski definition) is 2. The molecule has 126 valence electrons. The Morgan fingerprint density at radius 3 is 2.04 bits per heavy atom. The molecule has 0 radical (unpaired) electrons. The third-order valence-corrected chi connectivity index (χ3v) is 4.13. The maximum absolute atomic E-state index is 6.17. The van der Waals surface area contributed by atoms with Gasteiger partial charge in [0.25, 0.3) is 0 Å². The fraction of sp³-hybridized carbons (Fsp3) is 0.524. The molecule has 0 heterocycles. The molecule has 0 aliphatic carbocycles. The van der Waals surface area contributed by atoms with Gasteiger partial charge in [0.15, 0.2) is 11.5 Å². The Balaban J connectivity index is 2.24. The van der Waals surface area contributed by atoms with E-state index in [0.29, 0.717) is 0 Å². The summed E-state index contributed by atoms with van der Waals surface area (Å²) in [6.45, 7) is 8.05. The zero-order valence-corrected chi connectivity index (χ0v) is 14.9. The van der Waals surface area contributed by atoms with E-state index in [-0.39, 0.29) is 0 Å². The van der Waals surface area contributed by atoms with Gasteiger partial charge in [-0.25, -0.2) is 0 Å². The molecule has 0 aliphatic heterocycles. The van der Waals surface area contributed by atoms with Crippen molar-refractivity contribution in [1.82, 2.24) is 0 Å². The van der Waals surface area contributed by atoms with Crippen molar-refractivity contribution >= 4 is 10.8 Å². The molecule has 0 spiro atoms. The van der Waals surface area contributed by atoms with Crippen molar-refractivity contribution < 1.29 is 9.47 Å². The van der Waals surface area contributed by atoms with E-state index in [4.69, 9.17) is 9.47 Å². The third kappa shape index (κ3) is 4.89. The maximum atomic E-state index is 6.17. The second-order valence-corrected chi connectivity index (χ2v) is 6.18. The van der Waals surface area contributed by atoms with Gasteiger partial charge in [0.1, 0.15) is 0 Å². The molecule has 2 nitrogen and oxygen atoms in total. The minimum atomic E-state index is 0.757. The number of rotatable bonds is 10. The summed E-state index contributed by atoms with van der Waals surface area (Å²) < 4.78 is 12.3. The minimum absolute atomic E-state index is 0.757. The maximum Gasteiger partial charge on any atom is 0.169 e.